The molecule has 1 heterocycles. The molecule has 24 heavy (non-hydrogen) atoms. The predicted octanol–water partition coefficient (Wildman–Crippen LogP) is 2.52. The molecule has 0 bridgehead atoms. The Bertz CT molecular complexity index is 770. The Labute approximate surface area is 141 Å². The van der Waals surface area contributed by atoms with E-state index < -0.39 is 17.3 Å². The van der Waals surface area contributed by atoms with Crippen LogP contribution in [-0.2, 0) is 16.0 Å². The maximum absolute atomic E-state index is 12.7. The van der Waals surface area contributed by atoms with Gasteiger partial charge in [-0.15, -0.1) is 0 Å². The molecule has 0 radical (unpaired) electrons. The monoisotopic (exact) mass is 321 g/mol. The quantitative estimate of drug-likeness (QED) is 0.680. The number of ketones is 1. The van der Waals surface area contributed by atoms with Crippen molar-refractivity contribution in [2.45, 2.75) is 18.4 Å². The topological polar surface area (TPSA) is 57.6 Å². The van der Waals surface area contributed by atoms with Gasteiger partial charge in [0, 0.05) is 25.1 Å². The first kappa shape index (κ1) is 16.1. The van der Waals surface area contributed by atoms with Crippen LogP contribution in [0.1, 0.15) is 12.0 Å². The van der Waals surface area contributed by atoms with Gasteiger partial charge in [0.15, 0.2) is 5.78 Å². The molecule has 2 aromatic carbocycles. The molecule has 0 saturated carbocycles. The number of amides is 1. The number of hydrogen-bond donors (Lipinski definition) is 1. The van der Waals surface area contributed by atoms with Crippen LogP contribution in [0.3, 0.4) is 0 Å². The fourth-order valence-electron chi connectivity index (χ4n) is 2.99. The minimum absolute atomic E-state index is 0.0768. The number of rotatable bonds is 5. The molecule has 1 fully saturated rings. The van der Waals surface area contributed by atoms with Crippen molar-refractivity contribution < 1.29 is 14.7 Å². The van der Waals surface area contributed by atoms with Gasteiger partial charge in [0.25, 0.3) is 5.91 Å². The highest BCUT2D eigenvalue weighted by Gasteiger charge is 2.51. The summed E-state index contributed by atoms with van der Waals surface area (Å²) < 4.78 is 0. The zero-order valence-corrected chi connectivity index (χ0v) is 13.3. The second kappa shape index (κ2) is 6.42. The molecule has 4 heteroatoms. The highest BCUT2D eigenvalue weighted by atomic mass is 16.3. The molecule has 0 unspecified atom stereocenters. The van der Waals surface area contributed by atoms with Gasteiger partial charge in [-0.3, -0.25) is 9.59 Å². The van der Waals surface area contributed by atoms with Crippen molar-refractivity contribution in [2.75, 3.05) is 11.4 Å². The van der Waals surface area contributed by atoms with Crippen molar-refractivity contribution >= 4 is 17.4 Å². The average molecular weight is 321 g/mol. The van der Waals surface area contributed by atoms with E-state index in [-0.39, 0.29) is 12.0 Å². The number of nitrogens with zero attached hydrogens (tertiary/aromatic N) is 1. The molecular weight excluding hydrogens is 302 g/mol. The Morgan fingerprint density at radius 2 is 1.67 bits per heavy atom. The van der Waals surface area contributed by atoms with Crippen LogP contribution in [0.4, 0.5) is 5.69 Å². The number of carbonyl (C=O) groups is 2. The van der Waals surface area contributed by atoms with E-state index in [0.717, 1.165) is 5.56 Å². The van der Waals surface area contributed by atoms with Gasteiger partial charge in [0.2, 0.25) is 5.60 Å². The summed E-state index contributed by atoms with van der Waals surface area (Å²) in [6, 6.07) is 18.5. The molecule has 0 aromatic heterocycles. The lowest BCUT2D eigenvalue weighted by Crippen LogP contribution is -2.47. The number of para-hydroxylation sites is 1. The summed E-state index contributed by atoms with van der Waals surface area (Å²) in [4.78, 5) is 26.8. The Morgan fingerprint density at radius 3 is 2.29 bits per heavy atom. The van der Waals surface area contributed by atoms with E-state index in [2.05, 4.69) is 6.58 Å². The van der Waals surface area contributed by atoms with E-state index in [1.165, 1.54) is 4.90 Å². The molecule has 3 rings (SSSR count). The number of Topliss-reactive ketones (excluding diaryl/α,β-unsaturated/α-hetero) is 1. The van der Waals surface area contributed by atoms with E-state index in [1.54, 1.807) is 12.1 Å². The number of benzene rings is 2. The van der Waals surface area contributed by atoms with Gasteiger partial charge in [0.05, 0.1) is 0 Å². The van der Waals surface area contributed by atoms with Crippen LogP contribution in [0.5, 0.6) is 0 Å². The first-order valence-corrected chi connectivity index (χ1v) is 7.88. The van der Waals surface area contributed by atoms with Crippen LogP contribution in [0.15, 0.2) is 72.8 Å². The van der Waals surface area contributed by atoms with Gasteiger partial charge in [-0.1, -0.05) is 55.1 Å². The first-order chi connectivity index (χ1) is 11.5. The third-order valence-corrected chi connectivity index (χ3v) is 4.32. The van der Waals surface area contributed by atoms with Crippen molar-refractivity contribution in [1.82, 2.24) is 0 Å². The first-order valence-electron chi connectivity index (χ1n) is 7.88. The second-order valence-corrected chi connectivity index (χ2v) is 6.00. The van der Waals surface area contributed by atoms with Crippen molar-refractivity contribution in [3.05, 3.63) is 78.4 Å². The molecule has 1 saturated heterocycles. The number of carbonyl (C=O) groups excluding carboxylic acids is 2. The predicted molar refractivity (Wildman–Crippen MR) is 92.7 cm³/mol. The Balaban J connectivity index is 1.77. The van der Waals surface area contributed by atoms with Gasteiger partial charge in [-0.2, -0.15) is 0 Å². The molecule has 1 aliphatic heterocycles. The van der Waals surface area contributed by atoms with E-state index in [0.29, 0.717) is 18.7 Å². The van der Waals surface area contributed by atoms with E-state index >= 15 is 0 Å². The standard InChI is InChI=1S/C20H19NO3/c1-15(14-16-8-4-2-5-9-16)18(22)20(24)12-13-21(19(20)23)17-10-6-3-7-11-17/h2-11,24H,1,12-14H2/t20-/m0/s1. The van der Waals surface area contributed by atoms with Crippen LogP contribution in [0.25, 0.3) is 0 Å². The summed E-state index contributed by atoms with van der Waals surface area (Å²) in [7, 11) is 0. The van der Waals surface area contributed by atoms with Gasteiger partial charge in [0.1, 0.15) is 0 Å². The highest BCUT2D eigenvalue weighted by molar-refractivity contribution is 6.21. The van der Waals surface area contributed by atoms with Crippen LogP contribution in [0, 0.1) is 0 Å². The fourth-order valence-corrected chi connectivity index (χ4v) is 2.99. The number of aliphatic hydroxyl groups is 1. The van der Waals surface area contributed by atoms with Crippen molar-refractivity contribution in [3.8, 4) is 0 Å². The maximum atomic E-state index is 12.7. The normalized spacial score (nSPS) is 20.2. The van der Waals surface area contributed by atoms with Gasteiger partial charge >= 0.3 is 0 Å². The molecule has 4 nitrogen and oxygen atoms in total. The molecule has 1 aliphatic rings. The smallest absolute Gasteiger partial charge is 0.267 e. The molecule has 1 N–H and O–H groups in total. The molecule has 0 spiro atoms. The summed E-state index contributed by atoms with van der Waals surface area (Å²) >= 11 is 0. The van der Waals surface area contributed by atoms with E-state index in [4.69, 9.17) is 0 Å². The molecule has 122 valence electrons. The minimum Gasteiger partial charge on any atom is -0.373 e. The Hall–Kier alpha value is -2.72. The Morgan fingerprint density at radius 1 is 1.08 bits per heavy atom. The lowest BCUT2D eigenvalue weighted by atomic mass is 9.89. The molecule has 1 amide bonds. The molecular formula is C20H19NO3. The molecule has 0 aliphatic carbocycles. The zero-order valence-electron chi connectivity index (χ0n) is 13.3. The summed E-state index contributed by atoms with van der Waals surface area (Å²) in [5.74, 6) is -1.16. The van der Waals surface area contributed by atoms with E-state index in [9.17, 15) is 14.7 Å². The largest absolute Gasteiger partial charge is 0.373 e. The second-order valence-electron chi connectivity index (χ2n) is 6.00. The van der Waals surface area contributed by atoms with Crippen LogP contribution in [-0.4, -0.2) is 28.9 Å². The third-order valence-electron chi connectivity index (χ3n) is 4.32. The van der Waals surface area contributed by atoms with Crippen LogP contribution in [0.2, 0.25) is 0 Å². The maximum Gasteiger partial charge on any atom is 0.267 e. The zero-order chi connectivity index (χ0) is 17.2. The highest BCUT2D eigenvalue weighted by Crippen LogP contribution is 2.31. The molecule has 2 aromatic rings. The lowest BCUT2D eigenvalue weighted by Gasteiger charge is -2.22. The minimum atomic E-state index is -2.01. The summed E-state index contributed by atoms with van der Waals surface area (Å²) in [5, 5.41) is 10.7. The van der Waals surface area contributed by atoms with Crippen molar-refractivity contribution in [1.29, 1.82) is 0 Å². The summed E-state index contributed by atoms with van der Waals surface area (Å²) in [6.07, 6.45) is 0.397. The summed E-state index contributed by atoms with van der Waals surface area (Å²) in [6.45, 7) is 4.10. The fraction of sp³-hybridized carbons (Fsp3) is 0.200. The number of hydrogen-bond acceptors (Lipinski definition) is 3. The Kier molecular flexibility index (Phi) is 4.32. The van der Waals surface area contributed by atoms with Gasteiger partial charge < -0.3 is 10.0 Å². The third kappa shape index (κ3) is 2.88. The van der Waals surface area contributed by atoms with Crippen LogP contribution < -0.4 is 4.90 Å². The average Bonchev–Trinajstić information content (AvgIpc) is 2.92. The molecule has 1 atom stereocenters. The summed E-state index contributed by atoms with van der Waals surface area (Å²) in [5.41, 5.74) is -0.168. The van der Waals surface area contributed by atoms with Gasteiger partial charge in [-0.25, -0.2) is 0 Å². The van der Waals surface area contributed by atoms with E-state index in [1.807, 2.05) is 48.5 Å². The lowest BCUT2D eigenvalue weighted by molar-refractivity contribution is -0.145. The SMILES string of the molecule is C=C(Cc1ccccc1)C(=O)[C@@]1(O)CCN(c2ccccc2)C1=O. The van der Waals surface area contributed by atoms with Crippen LogP contribution >= 0.6 is 0 Å². The number of anilines is 1. The van der Waals surface area contributed by atoms with Gasteiger partial charge in [-0.05, 0) is 23.3 Å². The van der Waals surface area contributed by atoms with Crippen molar-refractivity contribution in [3.63, 3.8) is 0 Å². The van der Waals surface area contributed by atoms with Crippen molar-refractivity contribution in [2.24, 2.45) is 0 Å².